The fourth-order valence-corrected chi connectivity index (χ4v) is 4.86. The van der Waals surface area contributed by atoms with Crippen molar-refractivity contribution >= 4 is 29.3 Å². The van der Waals surface area contributed by atoms with Crippen LogP contribution < -0.4 is 4.74 Å². The van der Waals surface area contributed by atoms with Crippen molar-refractivity contribution in [2.75, 3.05) is 13.2 Å². The first kappa shape index (κ1) is 22.8. The molecule has 1 fully saturated rings. The van der Waals surface area contributed by atoms with Crippen LogP contribution in [0.3, 0.4) is 0 Å². The number of hydrogen-bond donors (Lipinski definition) is 0. The number of aromatic nitrogens is 1. The predicted molar refractivity (Wildman–Crippen MR) is 126 cm³/mol. The fourth-order valence-electron chi connectivity index (χ4n) is 4.75. The average molecular weight is 483 g/mol. The van der Waals surface area contributed by atoms with Crippen LogP contribution >= 0.6 is 11.6 Å². The number of carbonyl (C=O) groups excluding carboxylic acids is 2. The third-order valence-corrected chi connectivity index (χ3v) is 6.80. The summed E-state index contributed by atoms with van der Waals surface area (Å²) in [6.07, 6.45) is 3.60. The van der Waals surface area contributed by atoms with Crippen LogP contribution in [0.5, 0.6) is 5.75 Å². The highest BCUT2D eigenvalue weighted by Crippen LogP contribution is 2.65. The molecule has 0 saturated heterocycles. The third kappa shape index (κ3) is 4.17. The van der Waals surface area contributed by atoms with E-state index in [0.29, 0.717) is 29.8 Å². The number of pyridine rings is 1. The highest BCUT2D eigenvalue weighted by molar-refractivity contribution is 6.30. The van der Waals surface area contributed by atoms with Crippen LogP contribution in [-0.2, 0) is 26.2 Å². The van der Waals surface area contributed by atoms with E-state index in [1.54, 1.807) is 12.1 Å². The van der Waals surface area contributed by atoms with Gasteiger partial charge in [0.1, 0.15) is 35.6 Å². The van der Waals surface area contributed by atoms with E-state index in [2.05, 4.69) is 4.98 Å². The summed E-state index contributed by atoms with van der Waals surface area (Å²) in [6, 6.07) is 9.07. The Morgan fingerprint density at radius 1 is 1.09 bits per heavy atom. The minimum absolute atomic E-state index is 0.00823. The molecular weight excluding hydrogens is 456 g/mol. The summed E-state index contributed by atoms with van der Waals surface area (Å²) < 4.78 is 17.5. The van der Waals surface area contributed by atoms with Gasteiger partial charge in [-0.2, -0.15) is 0 Å². The molecule has 1 unspecified atom stereocenters. The van der Waals surface area contributed by atoms with Crippen molar-refractivity contribution in [1.29, 1.82) is 0 Å². The molecule has 7 nitrogen and oxygen atoms in total. The van der Waals surface area contributed by atoms with Crippen molar-refractivity contribution in [2.24, 2.45) is 10.4 Å². The Bertz CT molecular complexity index is 1180. The SMILES string of the molecule is CC(C)(C)OC(=O)CC1=NC2(CO1)c1cc(CC(=O)c3ccc(Cl)cn3)ccc1OCC21CC1. The maximum atomic E-state index is 12.8. The van der Waals surface area contributed by atoms with Crippen LogP contribution in [0.25, 0.3) is 0 Å². The Kier molecular flexibility index (Phi) is 5.43. The number of benzene rings is 1. The van der Waals surface area contributed by atoms with Crippen molar-refractivity contribution in [1.82, 2.24) is 4.98 Å². The molecule has 8 heteroatoms. The molecule has 178 valence electrons. The molecule has 1 atom stereocenters. The maximum absolute atomic E-state index is 12.8. The van der Waals surface area contributed by atoms with Gasteiger partial charge in [0.2, 0.25) is 0 Å². The molecule has 2 aromatic rings. The number of Topliss-reactive ketones (excluding diaryl/α,β-unsaturated/α-hetero) is 1. The van der Waals surface area contributed by atoms with Crippen molar-refractivity contribution in [2.45, 2.75) is 57.6 Å². The fraction of sp³-hybridized carbons (Fsp3) is 0.462. The van der Waals surface area contributed by atoms with Gasteiger partial charge in [-0.15, -0.1) is 0 Å². The van der Waals surface area contributed by atoms with Crippen LogP contribution in [0.4, 0.5) is 0 Å². The topological polar surface area (TPSA) is 87.1 Å². The second-order valence-electron chi connectivity index (χ2n) is 10.3. The smallest absolute Gasteiger partial charge is 0.315 e. The summed E-state index contributed by atoms with van der Waals surface area (Å²) in [5.41, 5.74) is 0.762. The van der Waals surface area contributed by atoms with Crippen LogP contribution in [0.2, 0.25) is 5.02 Å². The monoisotopic (exact) mass is 482 g/mol. The number of ketones is 1. The first-order chi connectivity index (χ1) is 16.1. The van der Waals surface area contributed by atoms with E-state index in [1.807, 2.05) is 39.0 Å². The molecular formula is C26H27ClN2O5. The number of nitrogens with zero attached hydrogens (tertiary/aromatic N) is 2. The maximum Gasteiger partial charge on any atom is 0.315 e. The molecule has 34 heavy (non-hydrogen) atoms. The van der Waals surface area contributed by atoms with E-state index in [1.165, 1.54) is 6.20 Å². The first-order valence-corrected chi connectivity index (χ1v) is 11.8. The van der Waals surface area contributed by atoms with Gasteiger partial charge in [-0.1, -0.05) is 17.7 Å². The largest absolute Gasteiger partial charge is 0.493 e. The summed E-state index contributed by atoms with van der Waals surface area (Å²) in [4.78, 5) is 34.3. The van der Waals surface area contributed by atoms with E-state index < -0.39 is 11.1 Å². The Labute approximate surface area is 203 Å². The van der Waals surface area contributed by atoms with Gasteiger partial charge in [0.25, 0.3) is 0 Å². The lowest BCUT2D eigenvalue weighted by Gasteiger charge is -2.39. The molecule has 3 heterocycles. The molecule has 1 saturated carbocycles. The quantitative estimate of drug-likeness (QED) is 0.454. The standard InChI is InChI=1S/C26H27ClN2O5/c1-24(2,3)34-23(31)12-22-29-26(15-33-22)18-10-16(4-7-21(18)32-14-25(26)8-9-25)11-20(30)19-6-5-17(27)13-28-19/h4-7,10,13H,8-9,11-12,14-15H2,1-3H3. The van der Waals surface area contributed by atoms with E-state index in [9.17, 15) is 9.59 Å². The number of rotatable bonds is 5. The van der Waals surface area contributed by atoms with Crippen molar-refractivity contribution in [3.8, 4) is 5.75 Å². The lowest BCUT2D eigenvalue weighted by atomic mass is 9.74. The van der Waals surface area contributed by atoms with Crippen LogP contribution in [-0.4, -0.2) is 41.4 Å². The molecule has 2 spiro atoms. The number of aliphatic imine (C=N–C) groups is 1. The average Bonchev–Trinajstić information content (AvgIpc) is 3.44. The molecule has 1 aliphatic carbocycles. The van der Waals surface area contributed by atoms with Crippen molar-refractivity contribution < 1.29 is 23.8 Å². The number of hydrogen-bond acceptors (Lipinski definition) is 7. The number of ether oxygens (including phenoxy) is 3. The number of esters is 1. The van der Waals surface area contributed by atoms with E-state index in [4.69, 9.17) is 30.8 Å². The zero-order chi connectivity index (χ0) is 24.1. The minimum atomic E-state index is -0.629. The van der Waals surface area contributed by atoms with Gasteiger partial charge in [0.15, 0.2) is 11.7 Å². The first-order valence-electron chi connectivity index (χ1n) is 11.4. The summed E-state index contributed by atoms with van der Waals surface area (Å²) in [7, 11) is 0. The number of fused-ring (bicyclic) bond motifs is 3. The molecule has 1 aromatic heterocycles. The highest BCUT2D eigenvalue weighted by Gasteiger charge is 2.66. The third-order valence-electron chi connectivity index (χ3n) is 6.58. The zero-order valence-corrected chi connectivity index (χ0v) is 20.3. The second kappa shape index (κ2) is 8.08. The zero-order valence-electron chi connectivity index (χ0n) is 19.5. The Morgan fingerprint density at radius 2 is 1.88 bits per heavy atom. The molecule has 0 radical (unpaired) electrons. The molecule has 0 bridgehead atoms. The summed E-state index contributed by atoms with van der Waals surface area (Å²) >= 11 is 5.89. The molecule has 1 aromatic carbocycles. The van der Waals surface area contributed by atoms with E-state index in [0.717, 1.165) is 29.7 Å². The number of carbonyl (C=O) groups is 2. The van der Waals surface area contributed by atoms with Crippen molar-refractivity contribution in [3.05, 3.63) is 58.4 Å². The Balaban J connectivity index is 1.44. The van der Waals surface area contributed by atoms with E-state index >= 15 is 0 Å². The van der Waals surface area contributed by atoms with Gasteiger partial charge >= 0.3 is 5.97 Å². The number of halogens is 1. The summed E-state index contributed by atoms with van der Waals surface area (Å²) in [6.45, 7) is 6.40. The minimum Gasteiger partial charge on any atom is -0.493 e. The lowest BCUT2D eigenvalue weighted by Crippen LogP contribution is -2.44. The van der Waals surface area contributed by atoms with Crippen molar-refractivity contribution in [3.63, 3.8) is 0 Å². The highest BCUT2D eigenvalue weighted by atomic mass is 35.5. The molecule has 0 amide bonds. The van der Waals surface area contributed by atoms with Crippen LogP contribution in [0.1, 0.15) is 61.6 Å². The van der Waals surface area contributed by atoms with Gasteiger partial charge in [0, 0.05) is 23.6 Å². The summed E-state index contributed by atoms with van der Waals surface area (Å²) in [5.74, 6) is 0.667. The Hall–Kier alpha value is -2.93. The normalized spacial score (nSPS) is 21.9. The van der Waals surface area contributed by atoms with Gasteiger partial charge in [0.05, 0.1) is 11.6 Å². The predicted octanol–water partition coefficient (Wildman–Crippen LogP) is 4.69. The Morgan fingerprint density at radius 3 is 2.56 bits per heavy atom. The second-order valence-corrected chi connectivity index (χ2v) is 10.7. The lowest BCUT2D eigenvalue weighted by molar-refractivity contribution is -0.153. The van der Waals surface area contributed by atoms with Crippen LogP contribution in [0.15, 0.2) is 41.5 Å². The van der Waals surface area contributed by atoms with Gasteiger partial charge < -0.3 is 14.2 Å². The molecule has 5 rings (SSSR count). The van der Waals surface area contributed by atoms with Gasteiger partial charge in [-0.3, -0.25) is 14.6 Å². The molecule has 0 N–H and O–H groups in total. The molecule has 2 aliphatic heterocycles. The van der Waals surface area contributed by atoms with Gasteiger partial charge in [-0.05, 0) is 63.4 Å². The van der Waals surface area contributed by atoms with E-state index in [-0.39, 0.29) is 30.0 Å². The van der Waals surface area contributed by atoms with Crippen LogP contribution in [0, 0.1) is 5.41 Å². The van der Waals surface area contributed by atoms with Gasteiger partial charge in [-0.25, -0.2) is 4.99 Å². The molecule has 3 aliphatic rings. The summed E-state index contributed by atoms with van der Waals surface area (Å²) in [5, 5.41) is 0.487.